The molecule has 5 heteroatoms. The number of nitrogens with zero attached hydrogens (tertiary/aromatic N) is 5. The number of hydrogen-bond donors (Lipinski definition) is 0. The van der Waals surface area contributed by atoms with Crippen molar-refractivity contribution in [2.75, 3.05) is 19.6 Å². The van der Waals surface area contributed by atoms with E-state index in [9.17, 15) is 0 Å². The van der Waals surface area contributed by atoms with E-state index in [-0.39, 0.29) is 0 Å². The van der Waals surface area contributed by atoms with Gasteiger partial charge < -0.3 is 4.90 Å². The third-order valence-electron chi connectivity index (χ3n) is 5.12. The molecule has 0 N–H and O–H groups in total. The maximum Gasteiger partial charge on any atom is 0.156 e. The molecule has 26 heavy (non-hydrogen) atoms. The Labute approximate surface area is 154 Å². The lowest BCUT2D eigenvalue weighted by molar-refractivity contribution is 0.204. The van der Waals surface area contributed by atoms with Crippen LogP contribution in [0.5, 0.6) is 0 Å². The highest BCUT2D eigenvalue weighted by Gasteiger charge is 2.22. The molecule has 0 radical (unpaired) electrons. The van der Waals surface area contributed by atoms with Gasteiger partial charge in [0.15, 0.2) is 5.82 Å². The topological polar surface area (TPSA) is 46.8 Å². The largest absolute Gasteiger partial charge is 0.303 e. The van der Waals surface area contributed by atoms with Crippen LogP contribution in [0.4, 0.5) is 0 Å². The quantitative estimate of drug-likeness (QED) is 0.685. The fourth-order valence-electron chi connectivity index (χ4n) is 3.74. The van der Waals surface area contributed by atoms with Crippen molar-refractivity contribution in [2.45, 2.75) is 31.6 Å². The molecule has 0 spiro atoms. The minimum Gasteiger partial charge on any atom is -0.303 e. The molecule has 0 saturated carbocycles. The van der Waals surface area contributed by atoms with Crippen LogP contribution in [0.3, 0.4) is 0 Å². The Morgan fingerprint density at radius 3 is 2.85 bits per heavy atom. The standard InChI is InChI=1S/C21H25N5/c1-2-6-18(7-3-1)8-4-11-25-12-5-9-19(16-25)20-14-23-15-21(24-20)26-13-10-22-17-26/h1-3,6-7,10,13-15,17,19H,4-5,8-9,11-12,16H2. The maximum absolute atomic E-state index is 4.84. The van der Waals surface area contributed by atoms with Crippen LogP contribution in [-0.2, 0) is 6.42 Å². The molecule has 3 aromatic rings. The summed E-state index contributed by atoms with van der Waals surface area (Å²) >= 11 is 0. The summed E-state index contributed by atoms with van der Waals surface area (Å²) in [5, 5.41) is 0. The van der Waals surface area contributed by atoms with Crippen molar-refractivity contribution in [3.05, 3.63) is 72.7 Å². The third-order valence-corrected chi connectivity index (χ3v) is 5.12. The smallest absolute Gasteiger partial charge is 0.156 e. The van der Waals surface area contributed by atoms with Gasteiger partial charge in [0.25, 0.3) is 0 Å². The van der Waals surface area contributed by atoms with Crippen LogP contribution in [0.2, 0.25) is 0 Å². The highest BCUT2D eigenvalue weighted by atomic mass is 15.1. The second-order valence-electron chi connectivity index (χ2n) is 7.00. The molecule has 0 bridgehead atoms. The predicted molar refractivity (Wildman–Crippen MR) is 102 cm³/mol. The number of benzene rings is 1. The minimum absolute atomic E-state index is 0.469. The maximum atomic E-state index is 4.84. The summed E-state index contributed by atoms with van der Waals surface area (Å²) in [6, 6.07) is 10.8. The van der Waals surface area contributed by atoms with Crippen molar-refractivity contribution < 1.29 is 0 Å². The zero-order valence-electron chi connectivity index (χ0n) is 15.0. The first-order valence-electron chi connectivity index (χ1n) is 9.45. The van der Waals surface area contributed by atoms with Crippen molar-refractivity contribution >= 4 is 0 Å². The van der Waals surface area contributed by atoms with Crippen LogP contribution in [0.25, 0.3) is 5.82 Å². The van der Waals surface area contributed by atoms with Crippen molar-refractivity contribution in [3.63, 3.8) is 0 Å². The van der Waals surface area contributed by atoms with Crippen LogP contribution >= 0.6 is 0 Å². The fourth-order valence-corrected chi connectivity index (χ4v) is 3.74. The molecule has 5 nitrogen and oxygen atoms in total. The molecule has 3 heterocycles. The van der Waals surface area contributed by atoms with E-state index >= 15 is 0 Å². The molecular formula is C21H25N5. The second-order valence-corrected chi connectivity index (χ2v) is 7.00. The summed E-state index contributed by atoms with van der Waals surface area (Å²) in [5.74, 6) is 1.32. The van der Waals surface area contributed by atoms with Gasteiger partial charge in [-0.2, -0.15) is 0 Å². The normalized spacial score (nSPS) is 18.1. The first-order valence-corrected chi connectivity index (χ1v) is 9.45. The van der Waals surface area contributed by atoms with Crippen LogP contribution in [0.1, 0.15) is 36.4 Å². The molecule has 1 aliphatic heterocycles. The molecule has 1 aromatic carbocycles. The number of rotatable bonds is 6. The van der Waals surface area contributed by atoms with Crippen molar-refractivity contribution in [3.8, 4) is 5.82 Å². The average Bonchev–Trinajstić information content (AvgIpc) is 3.24. The van der Waals surface area contributed by atoms with Crippen LogP contribution in [-0.4, -0.2) is 44.1 Å². The summed E-state index contributed by atoms with van der Waals surface area (Å²) in [6.07, 6.45) is 13.9. The molecule has 134 valence electrons. The van der Waals surface area contributed by atoms with E-state index in [1.807, 2.05) is 17.0 Å². The number of piperidine rings is 1. The summed E-state index contributed by atoms with van der Waals surface area (Å²) in [4.78, 5) is 15.9. The van der Waals surface area contributed by atoms with Gasteiger partial charge in [0, 0.05) is 31.1 Å². The highest BCUT2D eigenvalue weighted by Crippen LogP contribution is 2.26. The van der Waals surface area contributed by atoms with Gasteiger partial charge in [0.05, 0.1) is 11.9 Å². The first-order chi connectivity index (χ1) is 12.9. The minimum atomic E-state index is 0.469. The Bertz CT molecular complexity index is 800. The molecule has 1 atom stereocenters. The Kier molecular flexibility index (Phi) is 5.36. The van der Waals surface area contributed by atoms with Gasteiger partial charge in [-0.25, -0.2) is 9.97 Å². The molecule has 2 aromatic heterocycles. The molecule has 0 aliphatic carbocycles. The predicted octanol–water partition coefficient (Wildman–Crippen LogP) is 3.47. The lowest BCUT2D eigenvalue weighted by atomic mass is 9.94. The fraction of sp³-hybridized carbons (Fsp3) is 0.381. The van der Waals surface area contributed by atoms with Crippen LogP contribution in [0.15, 0.2) is 61.4 Å². The average molecular weight is 347 g/mol. The van der Waals surface area contributed by atoms with Gasteiger partial charge in [-0.1, -0.05) is 30.3 Å². The van der Waals surface area contributed by atoms with E-state index in [1.165, 1.54) is 31.4 Å². The Hall–Kier alpha value is -2.53. The van der Waals surface area contributed by atoms with Gasteiger partial charge in [0.2, 0.25) is 0 Å². The molecule has 0 amide bonds. The number of aromatic nitrogens is 4. The van der Waals surface area contributed by atoms with Gasteiger partial charge in [-0.05, 0) is 44.3 Å². The Morgan fingerprint density at radius 1 is 1.08 bits per heavy atom. The lowest BCUT2D eigenvalue weighted by Crippen LogP contribution is -2.35. The third kappa shape index (κ3) is 4.17. The number of aryl methyl sites for hydroxylation is 1. The lowest BCUT2D eigenvalue weighted by Gasteiger charge is -2.32. The SMILES string of the molecule is c1ccc(CCCN2CCCC(c3cncc(-n4ccnc4)n3)C2)cc1. The number of imidazole rings is 1. The molecule has 1 unspecified atom stereocenters. The zero-order valence-corrected chi connectivity index (χ0v) is 15.0. The molecule has 1 fully saturated rings. The van der Waals surface area contributed by atoms with E-state index in [4.69, 9.17) is 4.98 Å². The summed E-state index contributed by atoms with van der Waals surface area (Å²) in [7, 11) is 0. The number of hydrogen-bond acceptors (Lipinski definition) is 4. The van der Waals surface area contributed by atoms with Crippen molar-refractivity contribution in [1.29, 1.82) is 0 Å². The molecule has 4 rings (SSSR count). The van der Waals surface area contributed by atoms with Crippen molar-refractivity contribution in [1.82, 2.24) is 24.4 Å². The van der Waals surface area contributed by atoms with E-state index in [2.05, 4.69) is 45.2 Å². The van der Waals surface area contributed by atoms with E-state index in [1.54, 1.807) is 18.7 Å². The van der Waals surface area contributed by atoms with Gasteiger partial charge in [-0.15, -0.1) is 0 Å². The second kappa shape index (κ2) is 8.23. The first kappa shape index (κ1) is 16.9. The van der Waals surface area contributed by atoms with Gasteiger partial charge in [0.1, 0.15) is 6.33 Å². The van der Waals surface area contributed by atoms with Crippen LogP contribution in [0, 0.1) is 0 Å². The Morgan fingerprint density at radius 2 is 2.00 bits per heavy atom. The van der Waals surface area contributed by atoms with E-state index in [0.717, 1.165) is 31.0 Å². The van der Waals surface area contributed by atoms with Crippen LogP contribution < -0.4 is 0 Å². The van der Waals surface area contributed by atoms with Gasteiger partial charge in [-0.3, -0.25) is 9.55 Å². The van der Waals surface area contributed by atoms with Gasteiger partial charge >= 0.3 is 0 Å². The zero-order chi connectivity index (χ0) is 17.6. The highest BCUT2D eigenvalue weighted by molar-refractivity contribution is 5.21. The Balaban J connectivity index is 1.35. The summed E-state index contributed by atoms with van der Waals surface area (Å²) < 4.78 is 1.91. The van der Waals surface area contributed by atoms with Crippen molar-refractivity contribution in [2.24, 2.45) is 0 Å². The molecular weight excluding hydrogens is 322 g/mol. The number of likely N-dealkylation sites (tertiary alicyclic amines) is 1. The van der Waals surface area contributed by atoms with E-state index in [0.29, 0.717) is 5.92 Å². The molecule has 1 saturated heterocycles. The summed E-state index contributed by atoms with van der Waals surface area (Å²) in [6.45, 7) is 3.43. The monoisotopic (exact) mass is 347 g/mol. The van der Waals surface area contributed by atoms with E-state index < -0.39 is 0 Å². The molecule has 1 aliphatic rings. The summed E-state index contributed by atoms with van der Waals surface area (Å²) in [5.41, 5.74) is 2.53.